The number of hydrogen-bond acceptors (Lipinski definition) is 7. The molecule has 0 saturated heterocycles. The van der Waals surface area contributed by atoms with E-state index in [1.807, 2.05) is 24.3 Å². The van der Waals surface area contributed by atoms with Gasteiger partial charge in [0, 0.05) is 11.3 Å². The second-order valence-corrected chi connectivity index (χ2v) is 7.54. The zero-order chi connectivity index (χ0) is 22.5. The average Bonchev–Trinajstić information content (AvgIpc) is 3.17. The van der Waals surface area contributed by atoms with Gasteiger partial charge < -0.3 is 16.0 Å². The molecule has 2 amide bonds. The molecule has 0 fully saturated rings. The first kappa shape index (κ1) is 21.0. The number of carbonyl (C=O) groups excluding carboxylic acids is 2. The van der Waals surface area contributed by atoms with Crippen LogP contribution in [-0.2, 0) is 0 Å². The van der Waals surface area contributed by atoms with Gasteiger partial charge >= 0.3 is 0 Å². The molecule has 0 unspecified atom stereocenters. The Kier molecular flexibility index (Phi) is 6.05. The number of hydrogen-bond donors (Lipinski definition) is 3. The van der Waals surface area contributed by atoms with Gasteiger partial charge in [0.15, 0.2) is 0 Å². The molecule has 9 heteroatoms. The van der Waals surface area contributed by atoms with Crippen LogP contribution in [0.2, 0.25) is 0 Å². The van der Waals surface area contributed by atoms with Crippen LogP contribution in [0.4, 0.5) is 16.5 Å². The van der Waals surface area contributed by atoms with Crippen LogP contribution in [0.5, 0.6) is 0 Å². The van der Waals surface area contributed by atoms with E-state index in [0.29, 0.717) is 33.3 Å². The van der Waals surface area contributed by atoms with Crippen molar-refractivity contribution in [1.29, 1.82) is 0 Å². The van der Waals surface area contributed by atoms with Crippen molar-refractivity contribution in [2.45, 2.75) is 6.92 Å². The molecule has 32 heavy (non-hydrogen) atoms. The van der Waals surface area contributed by atoms with E-state index in [1.165, 1.54) is 0 Å². The molecule has 0 atom stereocenters. The van der Waals surface area contributed by atoms with E-state index in [1.54, 1.807) is 37.4 Å². The number of carbonyl (C=O) groups is 2. The van der Waals surface area contributed by atoms with Crippen LogP contribution in [0, 0.1) is 19.3 Å². The van der Waals surface area contributed by atoms with Crippen LogP contribution in [0.25, 0.3) is 11.0 Å². The molecule has 0 aliphatic heterocycles. The van der Waals surface area contributed by atoms with Crippen LogP contribution in [0.1, 0.15) is 26.4 Å². The van der Waals surface area contributed by atoms with Crippen LogP contribution in [0.15, 0.2) is 54.7 Å². The van der Waals surface area contributed by atoms with Crippen molar-refractivity contribution in [2.24, 2.45) is 0 Å². The third-order valence-electron chi connectivity index (χ3n) is 4.51. The Labute approximate surface area is 188 Å². The Bertz CT molecular complexity index is 1360. The van der Waals surface area contributed by atoms with E-state index in [2.05, 4.69) is 36.2 Å². The van der Waals surface area contributed by atoms with Gasteiger partial charge in [-0.1, -0.05) is 24.1 Å². The fourth-order valence-corrected chi connectivity index (χ4v) is 3.82. The first-order valence-electron chi connectivity index (χ1n) is 9.63. The molecule has 0 aliphatic carbocycles. The number of aromatic nitrogens is 3. The first-order chi connectivity index (χ1) is 15.5. The zero-order valence-electron chi connectivity index (χ0n) is 17.0. The normalized spacial score (nSPS) is 10.4. The first-order valence-corrected chi connectivity index (χ1v) is 10.4. The second kappa shape index (κ2) is 9.24. The smallest absolute Gasteiger partial charge is 0.260 e. The lowest BCUT2D eigenvalue weighted by Crippen LogP contribution is -2.23. The van der Waals surface area contributed by atoms with E-state index in [9.17, 15) is 9.59 Å². The number of rotatable bonds is 6. The van der Waals surface area contributed by atoms with Gasteiger partial charge in [-0.05, 0) is 48.8 Å². The van der Waals surface area contributed by atoms with Gasteiger partial charge in [-0.3, -0.25) is 14.6 Å². The van der Waals surface area contributed by atoms with E-state index >= 15 is 0 Å². The fourth-order valence-electron chi connectivity index (χ4n) is 3.02. The number of anilines is 3. The molecule has 0 spiro atoms. The third kappa shape index (κ3) is 4.55. The van der Waals surface area contributed by atoms with Crippen LogP contribution < -0.4 is 16.0 Å². The number of nitrogens with zero attached hydrogens (tertiary/aromatic N) is 3. The third-order valence-corrected chi connectivity index (χ3v) is 5.37. The second-order valence-electron chi connectivity index (χ2n) is 6.76. The predicted molar refractivity (Wildman–Crippen MR) is 125 cm³/mol. The van der Waals surface area contributed by atoms with Crippen molar-refractivity contribution in [3.63, 3.8) is 0 Å². The van der Waals surface area contributed by atoms with Gasteiger partial charge in [-0.15, -0.1) is 6.42 Å². The molecule has 158 valence electrons. The number of terminal acetylenes is 1. The number of benzene rings is 2. The molecule has 4 aromatic rings. The monoisotopic (exact) mass is 442 g/mol. The maximum atomic E-state index is 13.0. The van der Waals surface area contributed by atoms with E-state index in [4.69, 9.17) is 6.42 Å². The molecular formula is C23H18N6O2S. The summed E-state index contributed by atoms with van der Waals surface area (Å²) in [5.41, 5.74) is 3.36. The summed E-state index contributed by atoms with van der Waals surface area (Å²) in [6.07, 6.45) is 6.78. The summed E-state index contributed by atoms with van der Waals surface area (Å²) in [5, 5.41) is 9.11. The molecule has 0 bridgehead atoms. The lowest BCUT2D eigenvalue weighted by Gasteiger charge is -2.09. The van der Waals surface area contributed by atoms with Gasteiger partial charge in [0.1, 0.15) is 10.8 Å². The van der Waals surface area contributed by atoms with Crippen molar-refractivity contribution >= 4 is 50.9 Å². The Morgan fingerprint density at radius 2 is 1.91 bits per heavy atom. The quantitative estimate of drug-likeness (QED) is 0.393. The minimum Gasteiger partial charge on any atom is -0.341 e. The highest BCUT2D eigenvalue weighted by Gasteiger charge is 2.20. The molecule has 2 heterocycles. The summed E-state index contributed by atoms with van der Waals surface area (Å²) in [5.74, 6) is 2.19. The minimum absolute atomic E-state index is 0.127. The molecule has 3 N–H and O–H groups in total. The Morgan fingerprint density at radius 1 is 1.09 bits per heavy atom. The molecule has 2 aromatic heterocycles. The summed E-state index contributed by atoms with van der Waals surface area (Å²) < 4.78 is 4.30. The highest BCUT2D eigenvalue weighted by atomic mass is 32.1. The summed E-state index contributed by atoms with van der Waals surface area (Å²) in [6.45, 7) is 1.88. The van der Waals surface area contributed by atoms with Gasteiger partial charge in [0.25, 0.3) is 11.8 Å². The Hall–Kier alpha value is -4.29. The fraction of sp³-hybridized carbons (Fsp3) is 0.0870. The molecule has 8 nitrogen and oxygen atoms in total. The number of nitrogens with one attached hydrogen (secondary N) is 3. The SMILES string of the molecule is C#CCNC(=O)c1cccc(NC(=O)c2c(C)nsc2Nc2cnc3ccccc3n2)c1. The maximum Gasteiger partial charge on any atom is 0.260 e. The molecule has 0 radical (unpaired) electrons. The number of amides is 2. The largest absolute Gasteiger partial charge is 0.341 e. The number of fused-ring (bicyclic) bond motifs is 1. The lowest BCUT2D eigenvalue weighted by atomic mass is 10.1. The Morgan fingerprint density at radius 3 is 2.72 bits per heavy atom. The van der Waals surface area contributed by atoms with Crippen molar-refractivity contribution < 1.29 is 9.59 Å². The maximum absolute atomic E-state index is 13.0. The molecule has 2 aromatic carbocycles. The summed E-state index contributed by atoms with van der Waals surface area (Å²) in [4.78, 5) is 34.1. The zero-order valence-corrected chi connectivity index (χ0v) is 17.9. The van der Waals surface area contributed by atoms with Crippen LogP contribution in [0.3, 0.4) is 0 Å². The summed E-state index contributed by atoms with van der Waals surface area (Å²) >= 11 is 1.16. The summed E-state index contributed by atoms with van der Waals surface area (Å²) in [7, 11) is 0. The predicted octanol–water partition coefficient (Wildman–Crippen LogP) is 3.75. The van der Waals surface area contributed by atoms with Gasteiger partial charge in [-0.25, -0.2) is 4.98 Å². The van der Waals surface area contributed by atoms with Crippen molar-refractivity contribution in [2.75, 3.05) is 17.2 Å². The molecule has 0 aliphatic rings. The standard InChI is InChI=1S/C23H18N6O2S/c1-3-11-24-21(30)15-7-6-8-16(12-15)26-22(31)20-14(2)29-32-23(20)28-19-13-25-17-9-4-5-10-18(17)27-19/h1,4-10,12-13H,11H2,2H3,(H,24,30)(H,26,31)(H,27,28). The molecule has 0 saturated carbocycles. The van der Waals surface area contributed by atoms with E-state index in [0.717, 1.165) is 22.6 Å². The van der Waals surface area contributed by atoms with Crippen molar-refractivity contribution in [3.05, 3.63) is 71.5 Å². The number of para-hydroxylation sites is 2. The topological polar surface area (TPSA) is 109 Å². The van der Waals surface area contributed by atoms with Crippen molar-refractivity contribution in [3.8, 4) is 12.3 Å². The average molecular weight is 443 g/mol. The van der Waals surface area contributed by atoms with Crippen molar-refractivity contribution in [1.82, 2.24) is 19.7 Å². The highest BCUT2D eigenvalue weighted by molar-refractivity contribution is 7.10. The molecular weight excluding hydrogens is 424 g/mol. The molecule has 4 rings (SSSR count). The highest BCUT2D eigenvalue weighted by Crippen LogP contribution is 2.28. The van der Waals surface area contributed by atoms with Gasteiger partial charge in [-0.2, -0.15) is 4.37 Å². The van der Waals surface area contributed by atoms with Crippen LogP contribution in [-0.4, -0.2) is 32.7 Å². The Balaban J connectivity index is 1.54. The van der Waals surface area contributed by atoms with Crippen LogP contribution >= 0.6 is 11.5 Å². The summed E-state index contributed by atoms with van der Waals surface area (Å²) in [6, 6.07) is 14.1. The van der Waals surface area contributed by atoms with Gasteiger partial charge in [0.2, 0.25) is 0 Å². The number of aryl methyl sites for hydroxylation is 1. The van der Waals surface area contributed by atoms with E-state index in [-0.39, 0.29) is 18.4 Å². The van der Waals surface area contributed by atoms with Gasteiger partial charge in [0.05, 0.1) is 35.0 Å². The van der Waals surface area contributed by atoms with E-state index < -0.39 is 0 Å². The minimum atomic E-state index is -0.353. The lowest BCUT2D eigenvalue weighted by molar-refractivity contribution is 0.0957.